The van der Waals surface area contributed by atoms with Gasteiger partial charge < -0.3 is 4.57 Å². The molecule has 1 N–H and O–H groups in total. The molecule has 0 spiro atoms. The first kappa shape index (κ1) is 11.7. The van der Waals surface area contributed by atoms with E-state index in [1.807, 2.05) is 18.7 Å². The molecule has 1 heterocycles. The summed E-state index contributed by atoms with van der Waals surface area (Å²) in [7, 11) is 0. The fourth-order valence-corrected chi connectivity index (χ4v) is 3.15. The molecular weight excluding hydrogens is 224 g/mol. The number of imidazole rings is 1. The van der Waals surface area contributed by atoms with Crippen LogP contribution in [0.2, 0.25) is 0 Å². The Kier molecular flexibility index (Phi) is 3.09. The number of hydrogen-bond acceptors (Lipinski definition) is 3. The molecule has 0 amide bonds. The molecule has 2 saturated carbocycles. The lowest BCUT2D eigenvalue weighted by molar-refractivity contribution is 0.287. The molecule has 1 aromatic heterocycles. The molecule has 0 aliphatic heterocycles. The summed E-state index contributed by atoms with van der Waals surface area (Å²) in [5, 5.41) is 13.2. The van der Waals surface area contributed by atoms with Crippen molar-refractivity contribution in [3.8, 4) is 6.07 Å². The lowest BCUT2D eigenvalue weighted by atomic mass is 9.85. The monoisotopic (exact) mass is 244 g/mol. The van der Waals surface area contributed by atoms with Crippen LogP contribution in [-0.2, 0) is 6.54 Å². The van der Waals surface area contributed by atoms with Crippen molar-refractivity contribution in [2.45, 2.75) is 56.7 Å². The van der Waals surface area contributed by atoms with Crippen molar-refractivity contribution in [2.75, 3.05) is 0 Å². The Bertz CT molecular complexity index is 429. The minimum atomic E-state index is -0.248. The van der Waals surface area contributed by atoms with Gasteiger partial charge in [0.05, 0.1) is 12.4 Å². The molecule has 96 valence electrons. The number of hydrogen-bond donors (Lipinski definition) is 1. The van der Waals surface area contributed by atoms with Crippen LogP contribution in [0.25, 0.3) is 0 Å². The Morgan fingerprint density at radius 3 is 3.00 bits per heavy atom. The fourth-order valence-electron chi connectivity index (χ4n) is 3.15. The van der Waals surface area contributed by atoms with Crippen molar-refractivity contribution in [3.63, 3.8) is 0 Å². The number of aryl methyl sites for hydroxylation is 1. The Morgan fingerprint density at radius 2 is 2.33 bits per heavy atom. The standard InChI is InChI=1S/C14H20N4/c15-10-14(17-13-3-4-13)6-1-2-12(14)5-8-18-9-7-16-11-18/h7,9,11-13,17H,1-6,8H2. The van der Waals surface area contributed by atoms with Gasteiger partial charge in [-0.2, -0.15) is 5.26 Å². The molecule has 0 saturated heterocycles. The number of nitrogens with one attached hydrogen (secondary N) is 1. The lowest BCUT2D eigenvalue weighted by Gasteiger charge is -2.30. The number of nitrogens with zero attached hydrogens (tertiary/aromatic N) is 3. The first-order valence-corrected chi connectivity index (χ1v) is 6.97. The average Bonchev–Trinajstić information content (AvgIpc) is 2.91. The molecule has 0 radical (unpaired) electrons. The largest absolute Gasteiger partial charge is 0.337 e. The van der Waals surface area contributed by atoms with Gasteiger partial charge in [-0.05, 0) is 38.0 Å². The highest BCUT2D eigenvalue weighted by Crippen LogP contribution is 2.40. The summed E-state index contributed by atoms with van der Waals surface area (Å²) in [4.78, 5) is 4.06. The van der Waals surface area contributed by atoms with Crippen LogP contribution in [0.1, 0.15) is 38.5 Å². The molecule has 2 aliphatic rings. The Balaban J connectivity index is 1.64. The van der Waals surface area contributed by atoms with Crippen LogP contribution < -0.4 is 5.32 Å². The van der Waals surface area contributed by atoms with Crippen LogP contribution >= 0.6 is 0 Å². The van der Waals surface area contributed by atoms with Crippen molar-refractivity contribution in [3.05, 3.63) is 18.7 Å². The second kappa shape index (κ2) is 4.74. The minimum absolute atomic E-state index is 0.248. The van der Waals surface area contributed by atoms with E-state index >= 15 is 0 Å². The zero-order valence-electron chi connectivity index (χ0n) is 10.7. The van der Waals surface area contributed by atoms with Crippen LogP contribution in [0, 0.1) is 17.2 Å². The predicted molar refractivity (Wildman–Crippen MR) is 68.7 cm³/mol. The normalized spacial score (nSPS) is 31.4. The van der Waals surface area contributed by atoms with Crippen LogP contribution in [0.15, 0.2) is 18.7 Å². The van der Waals surface area contributed by atoms with Crippen molar-refractivity contribution < 1.29 is 0 Å². The maximum atomic E-state index is 9.59. The molecule has 2 atom stereocenters. The van der Waals surface area contributed by atoms with Gasteiger partial charge in [-0.25, -0.2) is 4.98 Å². The molecular formula is C14H20N4. The molecule has 2 unspecified atom stereocenters. The summed E-state index contributed by atoms with van der Waals surface area (Å²) < 4.78 is 2.11. The highest BCUT2D eigenvalue weighted by Gasteiger charge is 2.45. The predicted octanol–water partition coefficient (Wildman–Crippen LogP) is 2.09. The summed E-state index contributed by atoms with van der Waals surface area (Å²) in [6, 6.07) is 3.20. The summed E-state index contributed by atoms with van der Waals surface area (Å²) >= 11 is 0. The second-order valence-electron chi connectivity index (χ2n) is 5.68. The SMILES string of the molecule is N#CC1(NC2CC2)CCCC1CCn1ccnc1. The molecule has 18 heavy (non-hydrogen) atoms. The van der Waals surface area contributed by atoms with E-state index in [2.05, 4.69) is 20.9 Å². The third kappa shape index (κ3) is 2.28. The van der Waals surface area contributed by atoms with Gasteiger partial charge in [-0.15, -0.1) is 0 Å². The van der Waals surface area contributed by atoms with E-state index in [4.69, 9.17) is 0 Å². The topological polar surface area (TPSA) is 53.6 Å². The lowest BCUT2D eigenvalue weighted by Crippen LogP contribution is -2.48. The molecule has 1 aromatic rings. The van der Waals surface area contributed by atoms with Crippen LogP contribution in [0.5, 0.6) is 0 Å². The molecule has 3 rings (SSSR count). The number of nitriles is 1. The zero-order valence-corrected chi connectivity index (χ0v) is 10.7. The van der Waals surface area contributed by atoms with E-state index in [0.717, 1.165) is 19.4 Å². The maximum absolute atomic E-state index is 9.59. The van der Waals surface area contributed by atoms with Crippen molar-refractivity contribution >= 4 is 0 Å². The number of rotatable bonds is 5. The summed E-state index contributed by atoms with van der Waals surface area (Å²) in [5.41, 5.74) is -0.248. The Labute approximate surface area is 108 Å². The van der Waals surface area contributed by atoms with Crippen molar-refractivity contribution in [2.24, 2.45) is 5.92 Å². The van der Waals surface area contributed by atoms with Crippen LogP contribution in [0.3, 0.4) is 0 Å². The van der Waals surface area contributed by atoms with Gasteiger partial charge >= 0.3 is 0 Å². The van der Waals surface area contributed by atoms with Gasteiger partial charge in [0.25, 0.3) is 0 Å². The van der Waals surface area contributed by atoms with Gasteiger partial charge in [0.2, 0.25) is 0 Å². The molecule has 0 aromatic carbocycles. The van der Waals surface area contributed by atoms with Crippen LogP contribution in [-0.4, -0.2) is 21.1 Å². The third-order valence-electron chi connectivity index (χ3n) is 4.35. The van der Waals surface area contributed by atoms with Crippen LogP contribution in [0.4, 0.5) is 0 Å². The van der Waals surface area contributed by atoms with E-state index < -0.39 is 0 Å². The van der Waals surface area contributed by atoms with E-state index in [-0.39, 0.29) is 5.54 Å². The molecule has 2 aliphatic carbocycles. The van der Waals surface area contributed by atoms with Gasteiger partial charge in [0.1, 0.15) is 5.54 Å². The maximum Gasteiger partial charge on any atom is 0.109 e. The smallest absolute Gasteiger partial charge is 0.109 e. The van der Waals surface area contributed by atoms with E-state index in [9.17, 15) is 5.26 Å². The van der Waals surface area contributed by atoms with Gasteiger partial charge in [0.15, 0.2) is 0 Å². The third-order valence-corrected chi connectivity index (χ3v) is 4.35. The zero-order chi connectivity index (χ0) is 12.4. The van der Waals surface area contributed by atoms with Gasteiger partial charge in [-0.1, -0.05) is 6.42 Å². The summed E-state index contributed by atoms with van der Waals surface area (Å²) in [6.45, 7) is 0.973. The Hall–Kier alpha value is -1.34. The van der Waals surface area contributed by atoms with E-state index in [1.54, 1.807) is 0 Å². The van der Waals surface area contributed by atoms with E-state index in [1.165, 1.54) is 25.7 Å². The molecule has 2 fully saturated rings. The first-order valence-electron chi connectivity index (χ1n) is 6.97. The minimum Gasteiger partial charge on any atom is -0.337 e. The quantitative estimate of drug-likeness (QED) is 0.863. The molecule has 4 heteroatoms. The fraction of sp³-hybridized carbons (Fsp3) is 0.714. The van der Waals surface area contributed by atoms with Crippen molar-refractivity contribution in [1.82, 2.24) is 14.9 Å². The van der Waals surface area contributed by atoms with Gasteiger partial charge in [0, 0.05) is 25.0 Å². The molecule has 0 bridgehead atoms. The van der Waals surface area contributed by atoms with Crippen molar-refractivity contribution in [1.29, 1.82) is 5.26 Å². The van der Waals surface area contributed by atoms with E-state index in [0.29, 0.717) is 12.0 Å². The van der Waals surface area contributed by atoms with Gasteiger partial charge in [-0.3, -0.25) is 5.32 Å². The molecule has 4 nitrogen and oxygen atoms in total. The summed E-state index contributed by atoms with van der Waals surface area (Å²) in [5.74, 6) is 0.491. The first-order chi connectivity index (χ1) is 8.82. The second-order valence-corrected chi connectivity index (χ2v) is 5.68. The summed E-state index contributed by atoms with van der Waals surface area (Å²) in [6.07, 6.45) is 12.6. The number of aromatic nitrogens is 2. The highest BCUT2D eigenvalue weighted by molar-refractivity contribution is 5.16. The highest BCUT2D eigenvalue weighted by atomic mass is 15.1. The Morgan fingerprint density at radius 1 is 1.44 bits per heavy atom. The average molecular weight is 244 g/mol.